The van der Waals surface area contributed by atoms with Crippen LogP contribution in [0, 0.1) is 0 Å². The Hall–Kier alpha value is -2.63. The minimum Gasteiger partial charge on any atom is -0.490 e. The van der Waals surface area contributed by atoms with Crippen LogP contribution >= 0.6 is 0 Å². The summed E-state index contributed by atoms with van der Waals surface area (Å²) in [4.78, 5) is 24.9. The van der Waals surface area contributed by atoms with E-state index in [9.17, 15) is 9.59 Å². The maximum Gasteiger partial charge on any atom is 0.329 e. The van der Waals surface area contributed by atoms with Crippen LogP contribution in [0.1, 0.15) is 18.4 Å². The molecule has 6 heteroatoms. The molecule has 1 aliphatic heterocycles. The number of nitrogens with one attached hydrogen (secondary N) is 1. The van der Waals surface area contributed by atoms with Gasteiger partial charge in [-0.05, 0) is 42.7 Å². The molecule has 0 bridgehead atoms. The SMILES string of the molecule is C=CCOc1ccc(C=NNC(=O)C(=O)N2CCCC2)cc1. The Bertz CT molecular complexity index is 561. The summed E-state index contributed by atoms with van der Waals surface area (Å²) in [6.45, 7) is 5.30. The number of hydrogen-bond acceptors (Lipinski definition) is 4. The lowest BCUT2D eigenvalue weighted by atomic mass is 10.2. The number of likely N-dealkylation sites (tertiary alicyclic amines) is 1. The molecule has 2 rings (SSSR count). The third-order valence-electron chi connectivity index (χ3n) is 3.22. The zero-order chi connectivity index (χ0) is 15.8. The lowest BCUT2D eigenvalue weighted by Gasteiger charge is -2.12. The second-order valence-corrected chi connectivity index (χ2v) is 4.87. The van der Waals surface area contributed by atoms with Gasteiger partial charge in [0.2, 0.25) is 0 Å². The number of ether oxygens (including phenoxy) is 1. The molecular weight excluding hydrogens is 282 g/mol. The molecule has 1 aromatic rings. The van der Waals surface area contributed by atoms with E-state index < -0.39 is 11.8 Å². The second kappa shape index (κ2) is 7.97. The summed E-state index contributed by atoms with van der Waals surface area (Å²) in [6, 6.07) is 7.19. The largest absolute Gasteiger partial charge is 0.490 e. The summed E-state index contributed by atoms with van der Waals surface area (Å²) in [6.07, 6.45) is 5.04. The number of hydrazone groups is 1. The summed E-state index contributed by atoms with van der Waals surface area (Å²) < 4.78 is 5.36. The van der Waals surface area contributed by atoms with Gasteiger partial charge in [0.1, 0.15) is 12.4 Å². The molecule has 6 nitrogen and oxygen atoms in total. The van der Waals surface area contributed by atoms with Gasteiger partial charge < -0.3 is 9.64 Å². The van der Waals surface area contributed by atoms with Gasteiger partial charge in [-0.3, -0.25) is 9.59 Å². The van der Waals surface area contributed by atoms with E-state index in [0.717, 1.165) is 24.2 Å². The Morgan fingerprint density at radius 3 is 2.59 bits per heavy atom. The third-order valence-corrected chi connectivity index (χ3v) is 3.22. The lowest BCUT2D eigenvalue weighted by Crippen LogP contribution is -2.39. The molecule has 1 aromatic carbocycles. The van der Waals surface area contributed by atoms with Crippen LogP contribution in [0.3, 0.4) is 0 Å². The zero-order valence-electron chi connectivity index (χ0n) is 12.3. The van der Waals surface area contributed by atoms with Crippen molar-refractivity contribution in [2.75, 3.05) is 19.7 Å². The molecule has 0 spiro atoms. The monoisotopic (exact) mass is 301 g/mol. The molecule has 1 fully saturated rings. The number of carbonyl (C=O) groups is 2. The van der Waals surface area contributed by atoms with Gasteiger partial charge in [0.15, 0.2) is 0 Å². The molecule has 0 saturated carbocycles. The van der Waals surface area contributed by atoms with Crippen molar-refractivity contribution in [3.63, 3.8) is 0 Å². The van der Waals surface area contributed by atoms with E-state index in [-0.39, 0.29) is 0 Å². The first-order valence-electron chi connectivity index (χ1n) is 7.17. The van der Waals surface area contributed by atoms with Crippen LogP contribution < -0.4 is 10.2 Å². The topological polar surface area (TPSA) is 71.0 Å². The minimum atomic E-state index is -0.705. The van der Waals surface area contributed by atoms with E-state index in [1.807, 2.05) is 0 Å². The molecule has 0 radical (unpaired) electrons. The number of amides is 2. The molecule has 0 atom stereocenters. The van der Waals surface area contributed by atoms with Gasteiger partial charge in [0.25, 0.3) is 0 Å². The van der Waals surface area contributed by atoms with Gasteiger partial charge in [-0.15, -0.1) is 0 Å². The van der Waals surface area contributed by atoms with Gasteiger partial charge >= 0.3 is 11.8 Å². The quantitative estimate of drug-likeness (QED) is 0.386. The second-order valence-electron chi connectivity index (χ2n) is 4.87. The van der Waals surface area contributed by atoms with Gasteiger partial charge in [0, 0.05) is 13.1 Å². The van der Waals surface area contributed by atoms with Crippen LogP contribution in [-0.4, -0.2) is 42.6 Å². The summed E-state index contributed by atoms with van der Waals surface area (Å²) in [7, 11) is 0. The van der Waals surface area contributed by atoms with Crippen LogP contribution in [-0.2, 0) is 9.59 Å². The van der Waals surface area contributed by atoms with Crippen LogP contribution in [0.4, 0.5) is 0 Å². The first-order chi connectivity index (χ1) is 10.7. The zero-order valence-corrected chi connectivity index (χ0v) is 12.3. The Morgan fingerprint density at radius 1 is 1.27 bits per heavy atom. The highest BCUT2D eigenvalue weighted by Gasteiger charge is 2.23. The van der Waals surface area contributed by atoms with Crippen molar-refractivity contribution in [1.29, 1.82) is 0 Å². The normalized spacial score (nSPS) is 14.1. The molecule has 0 aliphatic carbocycles. The van der Waals surface area contributed by atoms with E-state index in [0.29, 0.717) is 19.7 Å². The van der Waals surface area contributed by atoms with Gasteiger partial charge in [-0.2, -0.15) is 5.10 Å². The molecular formula is C16H19N3O3. The highest BCUT2D eigenvalue weighted by Crippen LogP contribution is 2.11. The van der Waals surface area contributed by atoms with Crippen LogP contribution in [0.15, 0.2) is 42.0 Å². The van der Waals surface area contributed by atoms with Gasteiger partial charge in [0.05, 0.1) is 6.21 Å². The number of rotatable bonds is 5. The molecule has 1 N–H and O–H groups in total. The summed E-state index contributed by atoms with van der Waals surface area (Å²) in [5, 5.41) is 3.80. The minimum absolute atomic E-state index is 0.447. The summed E-state index contributed by atoms with van der Waals surface area (Å²) >= 11 is 0. The lowest BCUT2D eigenvalue weighted by molar-refractivity contribution is -0.145. The number of benzene rings is 1. The fourth-order valence-electron chi connectivity index (χ4n) is 2.08. The van der Waals surface area contributed by atoms with Gasteiger partial charge in [-0.1, -0.05) is 12.7 Å². The van der Waals surface area contributed by atoms with Crippen LogP contribution in [0.25, 0.3) is 0 Å². The molecule has 0 aromatic heterocycles. The van der Waals surface area contributed by atoms with Crippen LogP contribution in [0.5, 0.6) is 5.75 Å². The molecule has 1 saturated heterocycles. The van der Waals surface area contributed by atoms with E-state index >= 15 is 0 Å². The van der Waals surface area contributed by atoms with Crippen LogP contribution in [0.2, 0.25) is 0 Å². The Morgan fingerprint density at radius 2 is 1.95 bits per heavy atom. The fraction of sp³-hybridized carbons (Fsp3) is 0.312. The van der Waals surface area contributed by atoms with E-state index in [1.165, 1.54) is 11.1 Å². The standard InChI is InChI=1S/C16H19N3O3/c1-2-11-22-14-7-5-13(6-8-14)12-17-18-15(20)16(21)19-9-3-4-10-19/h2,5-8,12H,1,3-4,9-11H2,(H,18,20). The first kappa shape index (κ1) is 15.8. The molecule has 0 unspecified atom stereocenters. The molecule has 1 heterocycles. The highest BCUT2D eigenvalue weighted by molar-refractivity contribution is 6.35. The van der Waals surface area contributed by atoms with Crippen molar-refractivity contribution in [2.45, 2.75) is 12.8 Å². The maximum absolute atomic E-state index is 11.7. The van der Waals surface area contributed by atoms with Crippen molar-refractivity contribution in [1.82, 2.24) is 10.3 Å². The average Bonchev–Trinajstić information content (AvgIpc) is 3.07. The Balaban J connectivity index is 1.82. The molecule has 1 aliphatic rings. The smallest absolute Gasteiger partial charge is 0.329 e. The highest BCUT2D eigenvalue weighted by atomic mass is 16.5. The van der Waals surface area contributed by atoms with Crippen molar-refractivity contribution in [3.8, 4) is 5.75 Å². The number of carbonyl (C=O) groups excluding carboxylic acids is 2. The number of nitrogens with zero attached hydrogens (tertiary/aromatic N) is 2. The average molecular weight is 301 g/mol. The van der Waals surface area contributed by atoms with Crippen molar-refractivity contribution < 1.29 is 14.3 Å². The Kier molecular flexibility index (Phi) is 5.71. The summed E-state index contributed by atoms with van der Waals surface area (Å²) in [5.41, 5.74) is 3.04. The van der Waals surface area contributed by atoms with E-state index in [4.69, 9.17) is 4.74 Å². The third kappa shape index (κ3) is 4.44. The van der Waals surface area contributed by atoms with Gasteiger partial charge in [-0.25, -0.2) is 5.43 Å². The Labute approximate surface area is 129 Å². The van der Waals surface area contributed by atoms with E-state index in [1.54, 1.807) is 30.3 Å². The van der Waals surface area contributed by atoms with Crippen molar-refractivity contribution >= 4 is 18.0 Å². The van der Waals surface area contributed by atoms with Crippen molar-refractivity contribution in [2.24, 2.45) is 5.10 Å². The molecule has 2 amide bonds. The molecule has 116 valence electrons. The molecule has 22 heavy (non-hydrogen) atoms. The predicted molar refractivity (Wildman–Crippen MR) is 83.7 cm³/mol. The van der Waals surface area contributed by atoms with Crippen molar-refractivity contribution in [3.05, 3.63) is 42.5 Å². The first-order valence-corrected chi connectivity index (χ1v) is 7.17. The fourth-order valence-corrected chi connectivity index (χ4v) is 2.08. The number of hydrogen-bond donors (Lipinski definition) is 1. The van der Waals surface area contributed by atoms with E-state index in [2.05, 4.69) is 17.1 Å². The summed E-state index contributed by atoms with van der Waals surface area (Å²) in [5.74, 6) is -0.503. The predicted octanol–water partition coefficient (Wildman–Crippen LogP) is 1.32. The maximum atomic E-state index is 11.7.